The fourth-order valence-electron chi connectivity index (χ4n) is 2.31. The molecule has 1 atom stereocenters. The molecule has 0 heterocycles. The Morgan fingerprint density at radius 3 is 2.79 bits per heavy atom. The Kier molecular flexibility index (Phi) is 7.09. The van der Waals surface area contributed by atoms with Crippen molar-refractivity contribution in [3.63, 3.8) is 0 Å². The highest BCUT2D eigenvalue weighted by atomic mass is 79.9. The van der Waals surface area contributed by atoms with E-state index in [1.807, 2.05) is 47.8 Å². The van der Waals surface area contributed by atoms with Crippen molar-refractivity contribution in [2.45, 2.75) is 19.5 Å². The second kappa shape index (κ2) is 9.06. The van der Waals surface area contributed by atoms with E-state index in [2.05, 4.69) is 28.2 Å². The van der Waals surface area contributed by atoms with Gasteiger partial charge in [-0.3, -0.25) is 4.79 Å². The molecule has 2 rings (SSSR count). The number of halogens is 2. The van der Waals surface area contributed by atoms with Crippen molar-refractivity contribution in [2.24, 2.45) is 0 Å². The lowest BCUT2D eigenvalue weighted by Crippen LogP contribution is -2.87. The summed E-state index contributed by atoms with van der Waals surface area (Å²) in [6, 6.07) is 13.6. The van der Waals surface area contributed by atoms with Crippen molar-refractivity contribution >= 4 is 33.4 Å². The molecule has 24 heavy (non-hydrogen) atoms. The van der Waals surface area contributed by atoms with Crippen LogP contribution < -0.4 is 15.4 Å². The summed E-state index contributed by atoms with van der Waals surface area (Å²) in [5.41, 5.74) is 2.12. The Bertz CT molecular complexity index is 709. The van der Waals surface area contributed by atoms with E-state index in [1.165, 1.54) is 0 Å². The molecule has 0 bridgehead atoms. The number of rotatable bonds is 7. The van der Waals surface area contributed by atoms with E-state index in [-0.39, 0.29) is 11.9 Å². The Hall–Kier alpha value is -1.56. The van der Waals surface area contributed by atoms with Crippen molar-refractivity contribution in [1.82, 2.24) is 5.32 Å². The predicted molar refractivity (Wildman–Crippen MR) is 99.2 cm³/mol. The van der Waals surface area contributed by atoms with Gasteiger partial charge < -0.3 is 15.4 Å². The van der Waals surface area contributed by atoms with E-state index < -0.39 is 0 Å². The van der Waals surface area contributed by atoms with Gasteiger partial charge >= 0.3 is 0 Å². The zero-order chi connectivity index (χ0) is 17.5. The number of carbonyl (C=O) groups excluding carboxylic acids is 1. The van der Waals surface area contributed by atoms with E-state index >= 15 is 0 Å². The van der Waals surface area contributed by atoms with Crippen LogP contribution in [0.25, 0.3) is 0 Å². The minimum absolute atomic E-state index is 0.00518. The molecule has 0 saturated carbocycles. The molecule has 0 aliphatic carbocycles. The number of hydrogen-bond acceptors (Lipinski definition) is 2. The second-order valence-electron chi connectivity index (χ2n) is 5.53. The van der Waals surface area contributed by atoms with Gasteiger partial charge in [-0.05, 0) is 58.7 Å². The Morgan fingerprint density at radius 1 is 1.33 bits per heavy atom. The first kappa shape index (κ1) is 18.8. The maximum absolute atomic E-state index is 12.0. The smallest absolute Gasteiger partial charge is 0.275 e. The Morgan fingerprint density at radius 2 is 2.12 bits per heavy atom. The van der Waals surface area contributed by atoms with Crippen LogP contribution in [0.3, 0.4) is 0 Å². The zero-order valence-corrected chi connectivity index (χ0v) is 16.0. The van der Waals surface area contributed by atoms with E-state index in [0.717, 1.165) is 21.3 Å². The van der Waals surface area contributed by atoms with Gasteiger partial charge in [0.25, 0.3) is 5.91 Å². The van der Waals surface area contributed by atoms with Crippen LogP contribution in [0.5, 0.6) is 5.75 Å². The third-order valence-electron chi connectivity index (χ3n) is 3.74. The summed E-state index contributed by atoms with van der Waals surface area (Å²) in [5.74, 6) is 0.791. The molecule has 0 unspecified atom stereocenters. The van der Waals surface area contributed by atoms with E-state index in [9.17, 15) is 4.79 Å². The highest BCUT2D eigenvalue weighted by Crippen LogP contribution is 2.27. The topological polar surface area (TPSA) is 54.9 Å². The first-order valence-electron chi connectivity index (χ1n) is 7.67. The Labute approximate surface area is 155 Å². The molecular weight excluding hydrogens is 392 g/mol. The van der Waals surface area contributed by atoms with Gasteiger partial charge in [-0.25, -0.2) is 0 Å². The Balaban J connectivity index is 1.81. The third-order valence-corrected chi connectivity index (χ3v) is 4.59. The van der Waals surface area contributed by atoms with Crippen molar-refractivity contribution in [2.75, 3.05) is 13.7 Å². The van der Waals surface area contributed by atoms with Gasteiger partial charge in [-0.15, -0.1) is 0 Å². The summed E-state index contributed by atoms with van der Waals surface area (Å²) in [5, 5.41) is 5.58. The molecule has 0 fully saturated rings. The molecule has 3 N–H and O–H groups in total. The lowest BCUT2D eigenvalue weighted by molar-refractivity contribution is -0.682. The maximum atomic E-state index is 12.0. The van der Waals surface area contributed by atoms with Gasteiger partial charge in [0.2, 0.25) is 0 Å². The lowest BCUT2D eigenvalue weighted by Gasteiger charge is -2.13. The highest BCUT2D eigenvalue weighted by molar-refractivity contribution is 9.10. The molecule has 0 radical (unpaired) electrons. The number of nitrogens with one attached hydrogen (secondary N) is 1. The fourth-order valence-corrected chi connectivity index (χ4v) is 3.08. The van der Waals surface area contributed by atoms with E-state index in [1.54, 1.807) is 7.11 Å². The zero-order valence-electron chi connectivity index (χ0n) is 13.7. The molecule has 2 aromatic carbocycles. The summed E-state index contributed by atoms with van der Waals surface area (Å²) >= 11 is 9.42. The SMILES string of the molecule is COc1ccc([C@@H](C)[NH2+]CC(=O)NCc2cccc(Cl)c2)cc1Br. The summed E-state index contributed by atoms with van der Waals surface area (Å²) < 4.78 is 6.14. The van der Waals surface area contributed by atoms with Gasteiger partial charge in [-0.2, -0.15) is 0 Å². The van der Waals surface area contributed by atoms with Crippen LogP contribution >= 0.6 is 27.5 Å². The summed E-state index contributed by atoms with van der Waals surface area (Å²) in [4.78, 5) is 12.0. The molecule has 0 aliphatic heterocycles. The maximum Gasteiger partial charge on any atom is 0.275 e. The molecule has 0 aromatic heterocycles. The lowest BCUT2D eigenvalue weighted by atomic mass is 10.1. The van der Waals surface area contributed by atoms with E-state index in [0.29, 0.717) is 18.1 Å². The first-order chi connectivity index (χ1) is 11.5. The van der Waals surface area contributed by atoms with Gasteiger partial charge in [-0.1, -0.05) is 23.7 Å². The molecule has 2 aromatic rings. The normalized spacial score (nSPS) is 11.8. The standard InChI is InChI=1S/C18H20BrClN2O2/c1-12(14-6-7-17(24-2)16(19)9-14)21-11-18(23)22-10-13-4-3-5-15(20)8-13/h3-9,12,21H,10-11H2,1-2H3,(H,22,23)/p+1/t12-/m1/s1. The minimum atomic E-state index is -0.00518. The molecule has 4 nitrogen and oxygen atoms in total. The second-order valence-corrected chi connectivity index (χ2v) is 6.82. The highest BCUT2D eigenvalue weighted by Gasteiger charge is 2.13. The molecular formula is C18H21BrClN2O2+. The average molecular weight is 413 g/mol. The van der Waals surface area contributed by atoms with Crippen LogP contribution in [0.15, 0.2) is 46.9 Å². The van der Waals surface area contributed by atoms with Gasteiger partial charge in [0.1, 0.15) is 11.8 Å². The van der Waals surface area contributed by atoms with Crippen molar-refractivity contribution in [3.05, 3.63) is 63.1 Å². The van der Waals surface area contributed by atoms with Gasteiger partial charge in [0.15, 0.2) is 6.54 Å². The summed E-state index contributed by atoms with van der Waals surface area (Å²) in [6.45, 7) is 2.92. The first-order valence-corrected chi connectivity index (χ1v) is 8.84. The third kappa shape index (κ3) is 5.51. The number of amides is 1. The van der Waals surface area contributed by atoms with Crippen LogP contribution in [0, 0.1) is 0 Å². The summed E-state index contributed by atoms with van der Waals surface area (Å²) in [6.07, 6.45) is 0. The molecule has 1 amide bonds. The summed E-state index contributed by atoms with van der Waals surface area (Å²) in [7, 11) is 1.64. The monoisotopic (exact) mass is 411 g/mol. The number of ether oxygens (including phenoxy) is 1. The number of nitrogens with two attached hydrogens (primary N) is 1. The van der Waals surface area contributed by atoms with Crippen LogP contribution in [0.4, 0.5) is 0 Å². The molecule has 0 spiro atoms. The van der Waals surface area contributed by atoms with Gasteiger partial charge in [0.05, 0.1) is 11.6 Å². The van der Waals surface area contributed by atoms with E-state index in [4.69, 9.17) is 16.3 Å². The number of methoxy groups -OCH3 is 1. The molecule has 0 aliphatic rings. The molecule has 128 valence electrons. The van der Waals surface area contributed by atoms with Crippen molar-refractivity contribution in [3.8, 4) is 5.75 Å². The number of hydrogen-bond donors (Lipinski definition) is 2. The van der Waals surface area contributed by atoms with Gasteiger partial charge in [0, 0.05) is 17.1 Å². The molecule has 6 heteroatoms. The van der Waals surface area contributed by atoms with Crippen LogP contribution in [0.1, 0.15) is 24.1 Å². The quantitative estimate of drug-likeness (QED) is 0.734. The largest absolute Gasteiger partial charge is 0.496 e. The van der Waals surface area contributed by atoms with Crippen LogP contribution in [0.2, 0.25) is 5.02 Å². The number of benzene rings is 2. The predicted octanol–water partition coefficient (Wildman–Crippen LogP) is 3.05. The fraction of sp³-hybridized carbons (Fsp3) is 0.278. The minimum Gasteiger partial charge on any atom is -0.496 e. The average Bonchev–Trinajstić information content (AvgIpc) is 2.57. The van der Waals surface area contributed by atoms with Crippen LogP contribution in [-0.4, -0.2) is 19.6 Å². The number of quaternary nitrogens is 1. The van der Waals surface area contributed by atoms with Crippen molar-refractivity contribution < 1.29 is 14.8 Å². The number of carbonyl (C=O) groups is 1. The molecule has 0 saturated heterocycles. The van der Waals surface area contributed by atoms with Crippen LogP contribution in [-0.2, 0) is 11.3 Å². The van der Waals surface area contributed by atoms with Crippen molar-refractivity contribution in [1.29, 1.82) is 0 Å².